The molecule has 118 valence electrons. The lowest BCUT2D eigenvalue weighted by molar-refractivity contribution is 0.268. The van der Waals surface area contributed by atoms with Crippen LogP contribution in [-0.4, -0.2) is 24.0 Å². The van der Waals surface area contributed by atoms with Crippen molar-refractivity contribution in [2.45, 2.75) is 45.4 Å². The molecule has 2 N–H and O–H groups in total. The van der Waals surface area contributed by atoms with Gasteiger partial charge in [0.05, 0.1) is 6.61 Å². The highest BCUT2D eigenvalue weighted by Gasteiger charge is 2.20. The SMILES string of the molecule is CCCCCCCCOc1ccc(OB(O)O)c(F)c1F. The third-order valence-corrected chi connectivity index (χ3v) is 3.00. The Bertz CT molecular complexity index is 430. The highest BCUT2D eigenvalue weighted by atomic mass is 19.2. The Labute approximate surface area is 123 Å². The number of rotatable bonds is 10. The van der Waals surface area contributed by atoms with Crippen LogP contribution in [0.1, 0.15) is 45.4 Å². The lowest BCUT2D eigenvalue weighted by atomic mass is 10.1. The Morgan fingerprint density at radius 1 is 0.952 bits per heavy atom. The molecule has 4 nitrogen and oxygen atoms in total. The molecule has 0 radical (unpaired) electrons. The summed E-state index contributed by atoms with van der Waals surface area (Å²) >= 11 is 0. The van der Waals surface area contributed by atoms with Crippen LogP contribution in [0.25, 0.3) is 0 Å². The van der Waals surface area contributed by atoms with Crippen LogP contribution in [0.4, 0.5) is 8.78 Å². The van der Waals surface area contributed by atoms with Crippen molar-refractivity contribution in [3.8, 4) is 11.5 Å². The number of halogens is 2. The Morgan fingerprint density at radius 2 is 1.52 bits per heavy atom. The maximum absolute atomic E-state index is 13.6. The van der Waals surface area contributed by atoms with Crippen LogP contribution in [0.5, 0.6) is 11.5 Å². The van der Waals surface area contributed by atoms with E-state index >= 15 is 0 Å². The second-order valence-electron chi connectivity index (χ2n) is 4.75. The van der Waals surface area contributed by atoms with E-state index < -0.39 is 24.7 Å². The lowest BCUT2D eigenvalue weighted by Gasteiger charge is -2.11. The van der Waals surface area contributed by atoms with Gasteiger partial charge < -0.3 is 19.4 Å². The van der Waals surface area contributed by atoms with Gasteiger partial charge in [-0.15, -0.1) is 0 Å². The molecule has 1 aromatic rings. The minimum absolute atomic E-state index is 0.208. The van der Waals surface area contributed by atoms with E-state index in [-0.39, 0.29) is 5.75 Å². The van der Waals surface area contributed by atoms with Crippen LogP contribution in [0.2, 0.25) is 0 Å². The topological polar surface area (TPSA) is 58.9 Å². The molecule has 1 rings (SSSR count). The molecule has 0 aliphatic carbocycles. The molecule has 0 saturated carbocycles. The summed E-state index contributed by atoms with van der Waals surface area (Å²) in [6, 6.07) is 2.29. The number of ether oxygens (including phenoxy) is 1. The summed E-state index contributed by atoms with van der Waals surface area (Å²) in [4.78, 5) is 0. The van der Waals surface area contributed by atoms with Crippen molar-refractivity contribution >= 4 is 7.32 Å². The molecular weight excluding hydrogens is 281 g/mol. The van der Waals surface area contributed by atoms with Crippen molar-refractivity contribution in [3.63, 3.8) is 0 Å². The van der Waals surface area contributed by atoms with Gasteiger partial charge in [-0.25, -0.2) is 0 Å². The van der Waals surface area contributed by atoms with E-state index in [1.54, 1.807) is 0 Å². The van der Waals surface area contributed by atoms with Crippen LogP contribution in [0.3, 0.4) is 0 Å². The van der Waals surface area contributed by atoms with Gasteiger partial charge in [-0.05, 0) is 18.6 Å². The lowest BCUT2D eigenvalue weighted by Crippen LogP contribution is -2.21. The van der Waals surface area contributed by atoms with Gasteiger partial charge >= 0.3 is 7.32 Å². The molecule has 0 atom stereocenters. The zero-order valence-electron chi connectivity index (χ0n) is 12.1. The van der Waals surface area contributed by atoms with Gasteiger partial charge in [0.25, 0.3) is 0 Å². The molecule has 0 fully saturated rings. The normalized spacial score (nSPS) is 10.5. The Balaban J connectivity index is 2.40. The molecule has 0 saturated heterocycles. The first-order valence-corrected chi connectivity index (χ1v) is 7.19. The molecule has 0 unspecified atom stereocenters. The summed E-state index contributed by atoms with van der Waals surface area (Å²) < 4.78 is 36.7. The van der Waals surface area contributed by atoms with Crippen molar-refractivity contribution in [1.82, 2.24) is 0 Å². The molecule has 0 aliphatic rings. The maximum Gasteiger partial charge on any atom is 0.707 e. The summed E-state index contributed by atoms with van der Waals surface area (Å²) in [6.07, 6.45) is 6.43. The van der Waals surface area contributed by atoms with E-state index in [9.17, 15) is 8.78 Å². The molecule has 0 aromatic heterocycles. The number of benzene rings is 1. The molecular formula is C14H21BF2O4. The minimum Gasteiger partial charge on any atom is -0.509 e. The molecule has 0 heterocycles. The van der Waals surface area contributed by atoms with Gasteiger partial charge in [-0.3, -0.25) is 0 Å². The second kappa shape index (κ2) is 9.57. The first-order chi connectivity index (χ1) is 10.1. The summed E-state index contributed by atoms with van der Waals surface area (Å²) in [5, 5.41) is 17.1. The zero-order chi connectivity index (χ0) is 15.7. The minimum atomic E-state index is -2.20. The van der Waals surface area contributed by atoms with E-state index in [0.29, 0.717) is 6.61 Å². The van der Waals surface area contributed by atoms with Crippen LogP contribution >= 0.6 is 0 Å². The van der Waals surface area contributed by atoms with Gasteiger partial charge in [0.15, 0.2) is 5.75 Å². The van der Waals surface area contributed by atoms with Crippen molar-refractivity contribution < 1.29 is 28.2 Å². The molecule has 0 bridgehead atoms. The maximum atomic E-state index is 13.6. The van der Waals surface area contributed by atoms with Gasteiger partial charge in [0.2, 0.25) is 11.6 Å². The third-order valence-electron chi connectivity index (χ3n) is 3.00. The van der Waals surface area contributed by atoms with Gasteiger partial charge in [-0.1, -0.05) is 39.0 Å². The average molecular weight is 302 g/mol. The molecule has 1 aromatic carbocycles. The highest BCUT2D eigenvalue weighted by molar-refractivity contribution is 6.33. The average Bonchev–Trinajstić information content (AvgIpc) is 2.44. The number of unbranched alkanes of at least 4 members (excludes halogenated alkanes) is 5. The van der Waals surface area contributed by atoms with Crippen molar-refractivity contribution in [2.75, 3.05) is 6.61 Å². The third kappa shape index (κ3) is 6.31. The van der Waals surface area contributed by atoms with Crippen LogP contribution in [-0.2, 0) is 0 Å². The summed E-state index contributed by atoms with van der Waals surface area (Å²) in [5.74, 6) is -3.28. The van der Waals surface area contributed by atoms with Crippen LogP contribution < -0.4 is 9.39 Å². The molecule has 7 heteroatoms. The van der Waals surface area contributed by atoms with E-state index in [2.05, 4.69) is 11.6 Å². The van der Waals surface area contributed by atoms with Crippen molar-refractivity contribution in [2.24, 2.45) is 0 Å². The molecule has 0 aliphatic heterocycles. The van der Waals surface area contributed by atoms with Crippen molar-refractivity contribution in [3.05, 3.63) is 23.8 Å². The van der Waals surface area contributed by atoms with E-state index in [1.807, 2.05) is 0 Å². The number of hydrogen-bond acceptors (Lipinski definition) is 4. The largest absolute Gasteiger partial charge is 0.707 e. The molecule has 0 spiro atoms. The zero-order valence-corrected chi connectivity index (χ0v) is 12.1. The fourth-order valence-corrected chi connectivity index (χ4v) is 1.89. The standard InChI is InChI=1S/C14H21BF2O4/c1-2-3-4-5-6-7-10-20-11-8-9-12(21-15(18)19)14(17)13(11)16/h8-9,18-19H,2-7,10H2,1H3. The first kappa shape index (κ1) is 17.7. The highest BCUT2D eigenvalue weighted by Crippen LogP contribution is 2.27. The predicted molar refractivity (Wildman–Crippen MR) is 76.0 cm³/mol. The smallest absolute Gasteiger partial charge is 0.509 e. The Kier molecular flexibility index (Phi) is 8.08. The van der Waals surface area contributed by atoms with E-state index in [0.717, 1.165) is 25.3 Å². The van der Waals surface area contributed by atoms with Gasteiger partial charge in [-0.2, -0.15) is 8.78 Å². The summed E-state index contributed by atoms with van der Waals surface area (Å²) in [7, 11) is -2.20. The predicted octanol–water partition coefficient (Wildman–Crippen LogP) is 3.05. The second-order valence-corrected chi connectivity index (χ2v) is 4.75. The Morgan fingerprint density at radius 3 is 2.19 bits per heavy atom. The number of hydrogen-bond donors (Lipinski definition) is 2. The van der Waals surface area contributed by atoms with Crippen molar-refractivity contribution in [1.29, 1.82) is 0 Å². The summed E-state index contributed by atoms with van der Waals surface area (Å²) in [6.45, 7) is 2.45. The Hall–Kier alpha value is -1.34. The van der Waals surface area contributed by atoms with Gasteiger partial charge in [0.1, 0.15) is 5.75 Å². The van der Waals surface area contributed by atoms with Crippen LogP contribution in [0.15, 0.2) is 12.1 Å². The fourth-order valence-electron chi connectivity index (χ4n) is 1.89. The van der Waals surface area contributed by atoms with E-state index in [1.165, 1.54) is 25.3 Å². The fraction of sp³-hybridized carbons (Fsp3) is 0.571. The van der Waals surface area contributed by atoms with E-state index in [4.69, 9.17) is 14.8 Å². The quantitative estimate of drug-likeness (QED) is 0.515. The summed E-state index contributed by atoms with van der Waals surface area (Å²) in [5.41, 5.74) is 0. The van der Waals surface area contributed by atoms with Gasteiger partial charge in [0, 0.05) is 0 Å². The molecule has 0 amide bonds. The monoisotopic (exact) mass is 302 g/mol. The van der Waals surface area contributed by atoms with Crippen LogP contribution in [0, 0.1) is 11.6 Å². The molecule has 21 heavy (non-hydrogen) atoms. The first-order valence-electron chi connectivity index (χ1n) is 7.19.